The van der Waals surface area contributed by atoms with E-state index in [2.05, 4.69) is 31.1 Å². The number of anilines is 1. The fourth-order valence-corrected chi connectivity index (χ4v) is 5.74. The molecule has 4 rings (SSSR count). The van der Waals surface area contributed by atoms with Gasteiger partial charge in [0.25, 0.3) is 5.91 Å². The fraction of sp³-hybridized carbons (Fsp3) is 0.560. The second kappa shape index (κ2) is 10.8. The molecule has 1 unspecified atom stereocenters. The minimum atomic E-state index is -4.75. The number of fused-ring (bicyclic) bond motifs is 1. The van der Waals surface area contributed by atoms with Gasteiger partial charge in [-0.15, -0.1) is 0 Å². The second-order valence-corrected chi connectivity index (χ2v) is 10.2. The molecule has 1 aromatic carbocycles. The zero-order chi connectivity index (χ0) is 26.0. The molecule has 1 saturated carbocycles. The van der Waals surface area contributed by atoms with Crippen LogP contribution in [0.1, 0.15) is 70.6 Å². The van der Waals surface area contributed by atoms with E-state index >= 15 is 0 Å². The van der Waals surface area contributed by atoms with Crippen molar-refractivity contribution in [3.63, 3.8) is 0 Å². The van der Waals surface area contributed by atoms with Crippen LogP contribution in [0.2, 0.25) is 0 Å². The lowest BCUT2D eigenvalue weighted by atomic mass is 9.83. The van der Waals surface area contributed by atoms with Gasteiger partial charge in [0.1, 0.15) is 11.4 Å². The highest BCUT2D eigenvalue weighted by Gasteiger charge is 2.44. The third kappa shape index (κ3) is 5.55. The van der Waals surface area contributed by atoms with Crippen LogP contribution in [-0.2, 0) is 17.5 Å². The van der Waals surface area contributed by atoms with Crippen molar-refractivity contribution in [3.8, 4) is 0 Å². The number of esters is 1. The maximum Gasteiger partial charge on any atom is 0.436 e. The highest BCUT2D eigenvalue weighted by Crippen LogP contribution is 2.39. The fourth-order valence-electron chi connectivity index (χ4n) is 5.09. The zero-order valence-corrected chi connectivity index (χ0v) is 21.9. The Bertz CT molecular complexity index is 1100. The summed E-state index contributed by atoms with van der Waals surface area (Å²) in [6.07, 6.45) is -0.526. The van der Waals surface area contributed by atoms with Crippen LogP contribution >= 0.6 is 15.9 Å². The number of rotatable bonds is 7. The minimum Gasteiger partial charge on any atom is -0.465 e. The first-order chi connectivity index (χ1) is 17.1. The van der Waals surface area contributed by atoms with Crippen molar-refractivity contribution in [2.75, 3.05) is 30.4 Å². The lowest BCUT2D eigenvalue weighted by molar-refractivity contribution is -0.141. The Labute approximate surface area is 216 Å². The van der Waals surface area contributed by atoms with Crippen molar-refractivity contribution in [1.82, 2.24) is 15.1 Å². The number of carbonyl (C=O) groups is 2. The number of benzene rings is 1. The van der Waals surface area contributed by atoms with Crippen molar-refractivity contribution >= 4 is 33.6 Å². The predicted octanol–water partition coefficient (Wildman–Crippen LogP) is 5.20. The number of carbonyl (C=O) groups excluding carboxylic acids is 2. The summed E-state index contributed by atoms with van der Waals surface area (Å²) in [5.74, 6) is -0.0473. The van der Waals surface area contributed by atoms with Crippen molar-refractivity contribution in [2.24, 2.45) is 11.8 Å². The van der Waals surface area contributed by atoms with Gasteiger partial charge in [0.05, 0.1) is 25.3 Å². The average molecular weight is 571 g/mol. The first-order valence-electron chi connectivity index (χ1n) is 12.1. The third-order valence-electron chi connectivity index (χ3n) is 7.14. The molecular weight excluding hydrogens is 541 g/mol. The van der Waals surface area contributed by atoms with Gasteiger partial charge < -0.3 is 15.0 Å². The highest BCUT2D eigenvalue weighted by atomic mass is 79.9. The van der Waals surface area contributed by atoms with Gasteiger partial charge in [0, 0.05) is 18.4 Å². The Morgan fingerprint density at radius 1 is 1.14 bits per heavy atom. The molecule has 2 aromatic rings. The standard InChI is InChI=1S/C25H30BrF3N4O3/c1-15(18-7-9-19(10-8-18)24(35)36-2)30-22(34)20-21(25(27,28)29)31-33-12-11-32(23(20)33)14-17-5-3-16(13-26)4-6-17/h7-10,15-17H,3-6,11-14H2,1-2H3,(H,30,34). The minimum absolute atomic E-state index is 0.246. The highest BCUT2D eigenvalue weighted by molar-refractivity contribution is 9.09. The van der Waals surface area contributed by atoms with Gasteiger partial charge in [-0.2, -0.15) is 18.3 Å². The zero-order valence-electron chi connectivity index (χ0n) is 20.3. The van der Waals surface area contributed by atoms with Gasteiger partial charge in [-0.1, -0.05) is 28.1 Å². The molecule has 36 heavy (non-hydrogen) atoms. The van der Waals surface area contributed by atoms with E-state index in [9.17, 15) is 22.8 Å². The molecule has 0 bridgehead atoms. The van der Waals surface area contributed by atoms with Gasteiger partial charge >= 0.3 is 12.1 Å². The number of hydrogen-bond acceptors (Lipinski definition) is 5. The number of halogens is 4. The van der Waals surface area contributed by atoms with Crippen LogP contribution in [0.25, 0.3) is 0 Å². The smallest absolute Gasteiger partial charge is 0.436 e. The molecule has 0 radical (unpaired) electrons. The Kier molecular flexibility index (Phi) is 7.96. The summed E-state index contributed by atoms with van der Waals surface area (Å²) in [6.45, 7) is 3.14. The number of methoxy groups -OCH3 is 1. The Morgan fingerprint density at radius 3 is 2.36 bits per heavy atom. The molecule has 11 heteroatoms. The van der Waals surface area contributed by atoms with Crippen molar-refractivity contribution in [2.45, 2.75) is 51.4 Å². The molecule has 1 aliphatic heterocycles. The van der Waals surface area contributed by atoms with Crippen molar-refractivity contribution in [1.29, 1.82) is 0 Å². The SMILES string of the molecule is COC(=O)c1ccc(C(C)NC(=O)c2c(C(F)(F)F)nn3c2N(CC2CCC(CBr)CC2)CC3)cc1. The van der Waals surface area contributed by atoms with Crippen LogP contribution in [0.3, 0.4) is 0 Å². The largest absolute Gasteiger partial charge is 0.465 e. The lowest BCUT2D eigenvalue weighted by Gasteiger charge is -2.31. The molecule has 7 nitrogen and oxygen atoms in total. The molecule has 2 aliphatic rings. The summed E-state index contributed by atoms with van der Waals surface area (Å²) < 4.78 is 47.8. The van der Waals surface area contributed by atoms with Gasteiger partial charge in [-0.05, 0) is 62.1 Å². The van der Waals surface area contributed by atoms with E-state index in [0.717, 1.165) is 31.0 Å². The second-order valence-electron chi connectivity index (χ2n) is 9.56. The van der Waals surface area contributed by atoms with Crippen LogP contribution in [0.5, 0.6) is 0 Å². The molecule has 0 spiro atoms. The van der Waals surface area contributed by atoms with E-state index in [0.29, 0.717) is 42.6 Å². The molecule has 1 N–H and O–H groups in total. The molecule has 1 amide bonds. The number of nitrogens with one attached hydrogen (secondary N) is 1. The number of ether oxygens (including phenoxy) is 1. The van der Waals surface area contributed by atoms with Gasteiger partial charge in [-0.3, -0.25) is 4.79 Å². The summed E-state index contributed by atoms with van der Waals surface area (Å²) in [7, 11) is 1.28. The molecule has 1 aliphatic carbocycles. The van der Waals surface area contributed by atoms with Gasteiger partial charge in [-0.25, -0.2) is 9.48 Å². The van der Waals surface area contributed by atoms with E-state index in [1.165, 1.54) is 11.8 Å². The summed E-state index contributed by atoms with van der Waals surface area (Å²) in [5, 5.41) is 7.48. The quantitative estimate of drug-likeness (QED) is 0.365. The summed E-state index contributed by atoms with van der Waals surface area (Å²) in [5.41, 5.74) is -0.591. The van der Waals surface area contributed by atoms with Crippen LogP contribution in [-0.4, -0.2) is 47.2 Å². The molecule has 1 aromatic heterocycles. The molecule has 196 valence electrons. The maximum atomic E-state index is 13.9. The Balaban J connectivity index is 1.55. The Morgan fingerprint density at radius 2 is 1.78 bits per heavy atom. The first kappa shape index (κ1) is 26.5. The first-order valence-corrected chi connectivity index (χ1v) is 13.2. The number of nitrogens with zero attached hydrogens (tertiary/aromatic N) is 3. The molecular formula is C25H30BrF3N4O3. The van der Waals surface area contributed by atoms with Gasteiger partial charge in [0.15, 0.2) is 5.69 Å². The molecule has 1 atom stereocenters. The van der Waals surface area contributed by atoms with Crippen LogP contribution in [0, 0.1) is 11.8 Å². The summed E-state index contributed by atoms with van der Waals surface area (Å²) in [4.78, 5) is 26.8. The maximum absolute atomic E-state index is 13.9. The number of hydrogen-bond donors (Lipinski definition) is 1. The molecule has 1 fully saturated rings. The van der Waals surface area contributed by atoms with Gasteiger partial charge in [0.2, 0.25) is 0 Å². The van der Waals surface area contributed by atoms with Crippen molar-refractivity contribution < 1.29 is 27.5 Å². The van der Waals surface area contributed by atoms with E-state index in [4.69, 9.17) is 0 Å². The summed E-state index contributed by atoms with van der Waals surface area (Å²) in [6, 6.07) is 5.79. The van der Waals surface area contributed by atoms with Crippen LogP contribution in [0.15, 0.2) is 24.3 Å². The van der Waals surface area contributed by atoms with Crippen molar-refractivity contribution in [3.05, 3.63) is 46.6 Å². The number of amides is 1. The monoisotopic (exact) mass is 570 g/mol. The van der Waals surface area contributed by atoms with E-state index in [1.54, 1.807) is 31.2 Å². The number of alkyl halides is 4. The van der Waals surface area contributed by atoms with E-state index in [1.807, 2.05) is 4.90 Å². The van der Waals surface area contributed by atoms with E-state index in [-0.39, 0.29) is 5.82 Å². The normalized spacial score (nSPS) is 20.7. The number of aromatic nitrogens is 2. The van der Waals surface area contributed by atoms with Crippen LogP contribution < -0.4 is 10.2 Å². The topological polar surface area (TPSA) is 76.5 Å². The average Bonchev–Trinajstić information content (AvgIpc) is 3.44. The summed E-state index contributed by atoms with van der Waals surface area (Å²) >= 11 is 3.54. The lowest BCUT2D eigenvalue weighted by Crippen LogP contribution is -2.34. The Hall–Kier alpha value is -2.56. The van der Waals surface area contributed by atoms with E-state index < -0.39 is 35.4 Å². The molecule has 2 heterocycles. The predicted molar refractivity (Wildman–Crippen MR) is 132 cm³/mol. The molecule has 0 saturated heterocycles. The third-order valence-corrected chi connectivity index (χ3v) is 8.06. The van der Waals surface area contributed by atoms with Crippen LogP contribution in [0.4, 0.5) is 19.0 Å².